The number of benzene rings is 2. The SMILES string of the molecule is C#CCn1cc(/C=c2\sc3n(c2=O)[C@H](c2ccc(C)cc2)C(C(=O)OCC)=C(C)N=3)c2ccccc21. The summed E-state index contributed by atoms with van der Waals surface area (Å²) in [6, 6.07) is 15.2. The fraction of sp³-hybridized carbons (Fsp3) is 0.207. The number of esters is 1. The highest BCUT2D eigenvalue weighted by Gasteiger charge is 2.33. The zero-order chi connectivity index (χ0) is 25.4. The van der Waals surface area contributed by atoms with Crippen molar-refractivity contribution in [2.24, 2.45) is 4.99 Å². The molecule has 0 unspecified atom stereocenters. The van der Waals surface area contributed by atoms with Crippen molar-refractivity contribution in [3.8, 4) is 12.3 Å². The molecule has 6 nitrogen and oxygen atoms in total. The van der Waals surface area contributed by atoms with Gasteiger partial charge in [-0.3, -0.25) is 9.36 Å². The van der Waals surface area contributed by atoms with Gasteiger partial charge in [-0.15, -0.1) is 6.42 Å². The molecule has 5 rings (SSSR count). The summed E-state index contributed by atoms with van der Waals surface area (Å²) in [4.78, 5) is 32.1. The highest BCUT2D eigenvalue weighted by atomic mass is 32.1. The molecule has 3 heterocycles. The van der Waals surface area contributed by atoms with E-state index in [1.54, 1.807) is 18.4 Å². The Balaban J connectivity index is 1.74. The Kier molecular flexibility index (Phi) is 6.21. The van der Waals surface area contributed by atoms with E-state index in [4.69, 9.17) is 11.2 Å². The van der Waals surface area contributed by atoms with Gasteiger partial charge in [0.1, 0.15) is 0 Å². The summed E-state index contributed by atoms with van der Waals surface area (Å²) in [6.07, 6.45) is 9.42. The van der Waals surface area contributed by atoms with Gasteiger partial charge in [0, 0.05) is 22.7 Å². The lowest BCUT2D eigenvalue weighted by Gasteiger charge is -2.24. The number of para-hydroxylation sites is 1. The number of nitrogens with zero attached hydrogens (tertiary/aromatic N) is 3. The molecule has 0 bridgehead atoms. The van der Waals surface area contributed by atoms with Crippen molar-refractivity contribution in [1.29, 1.82) is 0 Å². The van der Waals surface area contributed by atoms with Crippen LogP contribution in [0.25, 0.3) is 17.0 Å². The van der Waals surface area contributed by atoms with E-state index < -0.39 is 12.0 Å². The fourth-order valence-electron chi connectivity index (χ4n) is 4.62. The second-order valence-corrected chi connectivity index (χ2v) is 9.66. The van der Waals surface area contributed by atoms with E-state index >= 15 is 0 Å². The van der Waals surface area contributed by atoms with Gasteiger partial charge in [-0.25, -0.2) is 9.79 Å². The number of allylic oxidation sites excluding steroid dienone is 1. The molecule has 1 atom stereocenters. The number of fused-ring (bicyclic) bond motifs is 2. The summed E-state index contributed by atoms with van der Waals surface area (Å²) in [7, 11) is 0. The first-order valence-electron chi connectivity index (χ1n) is 11.7. The molecular weight excluding hydrogens is 470 g/mol. The zero-order valence-electron chi connectivity index (χ0n) is 20.3. The lowest BCUT2D eigenvalue weighted by molar-refractivity contribution is -0.139. The predicted molar refractivity (Wildman–Crippen MR) is 142 cm³/mol. The van der Waals surface area contributed by atoms with Crippen LogP contribution in [0.5, 0.6) is 0 Å². The standard InChI is InChI=1S/C29H25N3O3S/c1-5-15-31-17-21(22-9-7-8-10-23(22)31)16-24-27(33)32-26(20-13-11-18(3)12-14-20)25(28(34)35-6-2)19(4)30-29(32)36-24/h1,7-14,16-17,26H,6,15H2,2-4H3/b24-16-/t26-/m1/s1. The average Bonchev–Trinajstić information content (AvgIpc) is 3.36. The Labute approximate surface area is 212 Å². The van der Waals surface area contributed by atoms with Crippen LogP contribution in [0.2, 0.25) is 0 Å². The van der Waals surface area contributed by atoms with Gasteiger partial charge >= 0.3 is 5.97 Å². The summed E-state index contributed by atoms with van der Waals surface area (Å²) < 4.78 is 9.51. The van der Waals surface area contributed by atoms with Gasteiger partial charge in [-0.05, 0) is 38.5 Å². The topological polar surface area (TPSA) is 65.6 Å². The molecule has 1 aliphatic rings. The summed E-state index contributed by atoms with van der Waals surface area (Å²) in [5, 5.41) is 1.01. The van der Waals surface area contributed by atoms with Crippen LogP contribution in [0.15, 0.2) is 75.8 Å². The van der Waals surface area contributed by atoms with Crippen LogP contribution in [0, 0.1) is 19.3 Å². The van der Waals surface area contributed by atoms with Crippen molar-refractivity contribution in [3.05, 3.63) is 102 Å². The molecule has 7 heteroatoms. The number of carbonyl (C=O) groups excluding carboxylic acids is 1. The van der Waals surface area contributed by atoms with Gasteiger partial charge in [0.05, 0.1) is 35.0 Å². The first-order chi connectivity index (χ1) is 17.4. The smallest absolute Gasteiger partial charge is 0.338 e. The van der Waals surface area contributed by atoms with Crippen molar-refractivity contribution in [2.75, 3.05) is 6.61 Å². The minimum absolute atomic E-state index is 0.201. The minimum Gasteiger partial charge on any atom is -0.463 e. The van der Waals surface area contributed by atoms with Gasteiger partial charge in [-0.2, -0.15) is 0 Å². The Morgan fingerprint density at radius 1 is 1.19 bits per heavy atom. The lowest BCUT2D eigenvalue weighted by atomic mass is 9.95. The monoisotopic (exact) mass is 495 g/mol. The molecule has 4 aromatic rings. The largest absolute Gasteiger partial charge is 0.463 e. The lowest BCUT2D eigenvalue weighted by Crippen LogP contribution is -2.39. The molecule has 0 radical (unpaired) electrons. The molecule has 0 spiro atoms. The summed E-state index contributed by atoms with van der Waals surface area (Å²) >= 11 is 1.31. The van der Waals surface area contributed by atoms with Gasteiger partial charge in [0.15, 0.2) is 4.80 Å². The number of thiazole rings is 1. The fourth-order valence-corrected chi connectivity index (χ4v) is 5.65. The molecule has 36 heavy (non-hydrogen) atoms. The maximum atomic E-state index is 13.8. The van der Waals surface area contributed by atoms with E-state index in [2.05, 4.69) is 10.9 Å². The maximum absolute atomic E-state index is 13.8. The van der Waals surface area contributed by atoms with E-state index in [9.17, 15) is 9.59 Å². The quantitative estimate of drug-likeness (QED) is 0.313. The number of terminal acetylenes is 1. The number of rotatable bonds is 5. The Hall–Kier alpha value is -4.15. The maximum Gasteiger partial charge on any atom is 0.338 e. The Bertz CT molecular complexity index is 1740. The van der Waals surface area contributed by atoms with Crippen LogP contribution in [0.1, 0.15) is 36.6 Å². The van der Waals surface area contributed by atoms with Crippen molar-refractivity contribution in [2.45, 2.75) is 33.4 Å². The third kappa shape index (κ3) is 4.00. The van der Waals surface area contributed by atoms with E-state index in [0.29, 0.717) is 27.1 Å². The molecule has 0 N–H and O–H groups in total. The zero-order valence-corrected chi connectivity index (χ0v) is 21.1. The van der Waals surface area contributed by atoms with Crippen LogP contribution in [-0.2, 0) is 16.1 Å². The van der Waals surface area contributed by atoms with Crippen LogP contribution in [0.4, 0.5) is 0 Å². The first kappa shape index (κ1) is 23.6. The highest BCUT2D eigenvalue weighted by Crippen LogP contribution is 2.31. The molecule has 180 valence electrons. The highest BCUT2D eigenvalue weighted by molar-refractivity contribution is 7.07. The van der Waals surface area contributed by atoms with Crippen LogP contribution >= 0.6 is 11.3 Å². The summed E-state index contributed by atoms with van der Waals surface area (Å²) in [5.74, 6) is 2.22. The third-order valence-electron chi connectivity index (χ3n) is 6.28. The number of hydrogen-bond acceptors (Lipinski definition) is 5. The Morgan fingerprint density at radius 3 is 2.67 bits per heavy atom. The van der Waals surface area contributed by atoms with Crippen molar-refractivity contribution in [3.63, 3.8) is 0 Å². The Morgan fingerprint density at radius 2 is 1.94 bits per heavy atom. The molecule has 0 aliphatic carbocycles. The molecular formula is C29H25N3O3S. The number of aryl methyl sites for hydroxylation is 1. The molecule has 0 fully saturated rings. The normalized spacial score (nSPS) is 15.5. The minimum atomic E-state index is -0.620. The van der Waals surface area contributed by atoms with Crippen LogP contribution in [-0.4, -0.2) is 21.7 Å². The van der Waals surface area contributed by atoms with E-state index in [-0.39, 0.29) is 12.2 Å². The van der Waals surface area contributed by atoms with E-state index in [0.717, 1.165) is 27.6 Å². The first-order valence-corrected chi connectivity index (χ1v) is 12.5. The van der Waals surface area contributed by atoms with Crippen LogP contribution < -0.4 is 14.9 Å². The summed E-state index contributed by atoms with van der Waals surface area (Å²) in [6.45, 7) is 6.23. The van der Waals surface area contributed by atoms with Crippen LogP contribution in [0.3, 0.4) is 0 Å². The van der Waals surface area contributed by atoms with Gasteiger partial charge < -0.3 is 9.30 Å². The van der Waals surface area contributed by atoms with Gasteiger partial charge in [0.2, 0.25) is 0 Å². The third-order valence-corrected chi connectivity index (χ3v) is 7.26. The molecule has 0 saturated carbocycles. The number of aromatic nitrogens is 2. The molecule has 1 aliphatic heterocycles. The molecule has 2 aromatic carbocycles. The predicted octanol–water partition coefficient (Wildman–Crippen LogP) is 3.69. The summed E-state index contributed by atoms with van der Waals surface area (Å²) in [5.41, 5.74) is 4.56. The van der Waals surface area contributed by atoms with E-state index in [1.165, 1.54) is 11.3 Å². The molecule has 0 amide bonds. The van der Waals surface area contributed by atoms with E-state index in [1.807, 2.05) is 72.3 Å². The second kappa shape index (κ2) is 9.48. The number of ether oxygens (including phenoxy) is 1. The van der Waals surface area contributed by atoms with Crippen molar-refractivity contribution in [1.82, 2.24) is 9.13 Å². The number of hydrogen-bond donors (Lipinski definition) is 0. The van der Waals surface area contributed by atoms with Crippen molar-refractivity contribution >= 4 is 34.3 Å². The second-order valence-electron chi connectivity index (χ2n) is 8.65. The van der Waals surface area contributed by atoms with Gasteiger partial charge in [-0.1, -0.05) is 65.3 Å². The van der Waals surface area contributed by atoms with Crippen molar-refractivity contribution < 1.29 is 9.53 Å². The average molecular weight is 496 g/mol. The van der Waals surface area contributed by atoms with Gasteiger partial charge in [0.25, 0.3) is 5.56 Å². The molecule has 0 saturated heterocycles. The molecule has 2 aromatic heterocycles. The number of carbonyl (C=O) groups is 1.